The largest absolute Gasteiger partial charge is 0.375 e. The quantitative estimate of drug-likeness (QED) is 0.442. The van der Waals surface area contributed by atoms with Gasteiger partial charge in [-0.05, 0) is 29.8 Å². The van der Waals surface area contributed by atoms with Crippen LogP contribution >= 0.6 is 12.2 Å². The van der Waals surface area contributed by atoms with Gasteiger partial charge in [0.05, 0.1) is 5.69 Å². The molecule has 0 spiro atoms. The molecule has 3 nitrogen and oxygen atoms in total. The lowest BCUT2D eigenvalue weighted by Gasteiger charge is -2.21. The fourth-order valence-electron chi connectivity index (χ4n) is 1.31. The molecule has 76 valence electrons. The molecular formula is C10H15N3S. The maximum atomic E-state index is 5.74. The second-order valence-electron chi connectivity index (χ2n) is 3.42. The normalized spacial score (nSPS) is 10.3. The van der Waals surface area contributed by atoms with E-state index in [0.717, 1.165) is 11.3 Å². The van der Waals surface area contributed by atoms with E-state index in [9.17, 15) is 0 Å². The van der Waals surface area contributed by atoms with Crippen molar-refractivity contribution in [3.8, 4) is 0 Å². The molecule has 0 aromatic heterocycles. The zero-order valence-electron chi connectivity index (χ0n) is 8.40. The summed E-state index contributed by atoms with van der Waals surface area (Å²) in [7, 11) is 0. The van der Waals surface area contributed by atoms with Crippen molar-refractivity contribution in [3.05, 3.63) is 29.8 Å². The molecule has 14 heavy (non-hydrogen) atoms. The van der Waals surface area contributed by atoms with Crippen molar-refractivity contribution < 1.29 is 0 Å². The van der Waals surface area contributed by atoms with Crippen molar-refractivity contribution in [2.75, 3.05) is 5.01 Å². The molecule has 0 saturated heterocycles. The molecule has 0 atom stereocenters. The predicted molar refractivity (Wildman–Crippen MR) is 64.0 cm³/mol. The van der Waals surface area contributed by atoms with Crippen LogP contribution in [0.4, 0.5) is 5.69 Å². The highest BCUT2D eigenvalue weighted by molar-refractivity contribution is 7.80. The number of hydrazine groups is 1. The second kappa shape index (κ2) is 4.39. The van der Waals surface area contributed by atoms with E-state index in [1.165, 1.54) is 5.01 Å². The van der Waals surface area contributed by atoms with Gasteiger partial charge >= 0.3 is 0 Å². The van der Waals surface area contributed by atoms with E-state index in [4.69, 9.17) is 23.8 Å². The zero-order chi connectivity index (χ0) is 10.7. The molecular weight excluding hydrogens is 194 g/mol. The summed E-state index contributed by atoms with van der Waals surface area (Å²) in [4.78, 5) is 0. The fourth-order valence-corrected chi connectivity index (χ4v) is 1.41. The molecule has 0 unspecified atom stereocenters. The van der Waals surface area contributed by atoms with Crippen LogP contribution in [0.1, 0.15) is 25.3 Å². The molecule has 0 aliphatic carbocycles. The van der Waals surface area contributed by atoms with E-state index in [-0.39, 0.29) is 5.11 Å². The number of rotatable bonds is 2. The maximum Gasteiger partial charge on any atom is 0.185 e. The molecule has 0 bridgehead atoms. The van der Waals surface area contributed by atoms with Gasteiger partial charge in [-0.2, -0.15) is 0 Å². The Labute approximate surface area is 89.7 Å². The van der Waals surface area contributed by atoms with Crippen molar-refractivity contribution in [2.24, 2.45) is 11.6 Å². The standard InChI is InChI=1S/C10H15N3S/c1-7(2)8-5-3-4-6-9(8)13(12)10(11)14/h3-7H,12H2,1-2H3,(H2,11,14). The lowest BCUT2D eigenvalue weighted by molar-refractivity contribution is 0.860. The zero-order valence-corrected chi connectivity index (χ0v) is 9.21. The molecule has 1 aromatic carbocycles. The average Bonchev–Trinajstić information content (AvgIpc) is 2.16. The lowest BCUT2D eigenvalue weighted by atomic mass is 10.0. The number of nitrogens with zero attached hydrogens (tertiary/aromatic N) is 1. The fraction of sp³-hybridized carbons (Fsp3) is 0.300. The Bertz CT molecular complexity index is 336. The van der Waals surface area contributed by atoms with Gasteiger partial charge in [0.1, 0.15) is 0 Å². The molecule has 0 fully saturated rings. The molecule has 1 aromatic rings. The predicted octanol–water partition coefficient (Wildman–Crippen LogP) is 1.73. The topological polar surface area (TPSA) is 55.3 Å². The third-order valence-corrected chi connectivity index (χ3v) is 2.25. The van der Waals surface area contributed by atoms with Gasteiger partial charge in [-0.25, -0.2) is 5.84 Å². The minimum atomic E-state index is 0.179. The van der Waals surface area contributed by atoms with Crippen LogP contribution in [0.5, 0.6) is 0 Å². The van der Waals surface area contributed by atoms with Gasteiger partial charge in [0.25, 0.3) is 0 Å². The molecule has 0 amide bonds. The minimum absolute atomic E-state index is 0.179. The molecule has 0 aliphatic rings. The Morgan fingerprint density at radius 1 is 1.36 bits per heavy atom. The Morgan fingerprint density at radius 2 is 1.93 bits per heavy atom. The van der Waals surface area contributed by atoms with Crippen molar-refractivity contribution in [1.82, 2.24) is 0 Å². The van der Waals surface area contributed by atoms with Gasteiger partial charge in [0.2, 0.25) is 0 Å². The summed E-state index contributed by atoms with van der Waals surface area (Å²) in [6.07, 6.45) is 0. The van der Waals surface area contributed by atoms with Gasteiger partial charge in [0, 0.05) is 0 Å². The van der Waals surface area contributed by atoms with E-state index >= 15 is 0 Å². The number of hydrogen-bond donors (Lipinski definition) is 2. The Balaban J connectivity index is 3.13. The summed E-state index contributed by atoms with van der Waals surface area (Å²) in [6, 6.07) is 7.83. The summed E-state index contributed by atoms with van der Waals surface area (Å²) in [5.74, 6) is 6.14. The number of nitrogens with two attached hydrogens (primary N) is 2. The molecule has 0 saturated carbocycles. The molecule has 4 N–H and O–H groups in total. The number of para-hydroxylation sites is 1. The number of hydrogen-bond acceptors (Lipinski definition) is 2. The van der Waals surface area contributed by atoms with Gasteiger partial charge in [0.15, 0.2) is 5.11 Å². The Morgan fingerprint density at radius 3 is 2.43 bits per heavy atom. The highest BCUT2D eigenvalue weighted by Gasteiger charge is 2.11. The summed E-state index contributed by atoms with van der Waals surface area (Å²) in [5, 5.41) is 1.52. The van der Waals surface area contributed by atoms with E-state index in [1.807, 2.05) is 24.3 Å². The van der Waals surface area contributed by atoms with Crippen LogP contribution in [-0.4, -0.2) is 5.11 Å². The SMILES string of the molecule is CC(C)c1ccccc1N(N)C(N)=S. The van der Waals surface area contributed by atoms with E-state index in [2.05, 4.69) is 13.8 Å². The first-order chi connectivity index (χ1) is 6.54. The molecule has 0 aliphatic heterocycles. The molecule has 4 heteroatoms. The number of benzene rings is 1. The van der Waals surface area contributed by atoms with Crippen molar-refractivity contribution >= 4 is 23.0 Å². The monoisotopic (exact) mass is 209 g/mol. The third-order valence-electron chi connectivity index (χ3n) is 2.06. The van der Waals surface area contributed by atoms with Crippen LogP contribution in [0.15, 0.2) is 24.3 Å². The summed E-state index contributed by atoms with van der Waals surface area (Å²) >= 11 is 4.83. The van der Waals surface area contributed by atoms with Crippen LogP contribution < -0.4 is 16.6 Å². The van der Waals surface area contributed by atoms with Crippen LogP contribution in [0.2, 0.25) is 0 Å². The van der Waals surface area contributed by atoms with Gasteiger partial charge in [-0.3, -0.25) is 5.01 Å². The number of thiocarbonyl (C=S) groups is 1. The second-order valence-corrected chi connectivity index (χ2v) is 3.84. The highest BCUT2D eigenvalue weighted by atomic mass is 32.1. The van der Waals surface area contributed by atoms with Crippen molar-refractivity contribution in [2.45, 2.75) is 19.8 Å². The van der Waals surface area contributed by atoms with Gasteiger partial charge in [-0.1, -0.05) is 32.0 Å². The summed E-state index contributed by atoms with van der Waals surface area (Å²) in [5.41, 5.74) is 7.48. The first-order valence-electron chi connectivity index (χ1n) is 4.47. The van der Waals surface area contributed by atoms with E-state index in [0.29, 0.717) is 5.92 Å². The van der Waals surface area contributed by atoms with Gasteiger partial charge in [-0.15, -0.1) is 0 Å². The van der Waals surface area contributed by atoms with Crippen LogP contribution in [0.25, 0.3) is 0 Å². The van der Waals surface area contributed by atoms with Crippen LogP contribution in [0.3, 0.4) is 0 Å². The molecule has 1 rings (SSSR count). The maximum absolute atomic E-state index is 5.74. The first-order valence-corrected chi connectivity index (χ1v) is 4.88. The lowest BCUT2D eigenvalue weighted by Crippen LogP contribution is -2.41. The molecule has 0 heterocycles. The summed E-state index contributed by atoms with van der Waals surface area (Å²) in [6.45, 7) is 4.21. The van der Waals surface area contributed by atoms with Crippen LogP contribution in [0, 0.1) is 0 Å². The van der Waals surface area contributed by atoms with Crippen molar-refractivity contribution in [1.29, 1.82) is 0 Å². The van der Waals surface area contributed by atoms with Gasteiger partial charge < -0.3 is 5.73 Å². The average molecular weight is 209 g/mol. The highest BCUT2D eigenvalue weighted by Crippen LogP contribution is 2.25. The Hall–Kier alpha value is -1.13. The molecule has 0 radical (unpaired) electrons. The Kier molecular flexibility index (Phi) is 3.43. The van der Waals surface area contributed by atoms with E-state index in [1.54, 1.807) is 0 Å². The minimum Gasteiger partial charge on any atom is -0.375 e. The van der Waals surface area contributed by atoms with Crippen LogP contribution in [-0.2, 0) is 0 Å². The first kappa shape index (κ1) is 10.9. The summed E-state index contributed by atoms with van der Waals surface area (Å²) < 4.78 is 0. The third kappa shape index (κ3) is 2.21. The number of anilines is 1. The van der Waals surface area contributed by atoms with Crippen molar-refractivity contribution in [3.63, 3.8) is 0 Å². The smallest absolute Gasteiger partial charge is 0.185 e. The van der Waals surface area contributed by atoms with E-state index < -0.39 is 0 Å².